The van der Waals surface area contributed by atoms with Crippen LogP contribution in [0.15, 0.2) is 18.6 Å². The molecule has 0 unspecified atom stereocenters. The van der Waals surface area contributed by atoms with E-state index in [1.54, 1.807) is 0 Å². The molecule has 2 aromatic rings. The summed E-state index contributed by atoms with van der Waals surface area (Å²) in [5.41, 5.74) is 6.70. The van der Waals surface area contributed by atoms with Gasteiger partial charge in [-0.3, -0.25) is 0 Å². The highest BCUT2D eigenvalue weighted by molar-refractivity contribution is 5.86. The molecule has 1 aliphatic rings. The maximum Gasteiger partial charge on any atom is 0.147 e. The van der Waals surface area contributed by atoms with Gasteiger partial charge in [-0.25, -0.2) is 9.97 Å². The number of rotatable bonds is 2. The smallest absolute Gasteiger partial charge is 0.147 e. The van der Waals surface area contributed by atoms with Crippen LogP contribution in [0.2, 0.25) is 0 Å². The Bertz CT molecular complexity index is 565. The fourth-order valence-corrected chi connectivity index (χ4v) is 2.76. The first-order chi connectivity index (χ1) is 8.70. The Hall–Kier alpha value is -1.62. The van der Waals surface area contributed by atoms with E-state index in [0.29, 0.717) is 17.8 Å². The van der Waals surface area contributed by atoms with Gasteiger partial charge in [0.15, 0.2) is 0 Å². The Labute approximate surface area is 106 Å². The molecule has 3 heterocycles. The quantitative estimate of drug-likeness (QED) is 0.883. The van der Waals surface area contributed by atoms with Crippen LogP contribution in [0.5, 0.6) is 0 Å². The van der Waals surface area contributed by atoms with Crippen LogP contribution in [0, 0.1) is 5.92 Å². The molecule has 2 N–H and O–H groups in total. The van der Waals surface area contributed by atoms with Crippen LogP contribution in [-0.4, -0.2) is 20.6 Å². The minimum atomic E-state index is 0.0664. The van der Waals surface area contributed by atoms with Crippen LogP contribution in [0.25, 0.3) is 11.0 Å². The van der Waals surface area contributed by atoms with Crippen molar-refractivity contribution in [2.45, 2.75) is 39.0 Å². The van der Waals surface area contributed by atoms with Crippen LogP contribution >= 0.6 is 0 Å². The molecular weight excluding hydrogens is 228 g/mol. The standard InChI is InChI=1S/C13H18N4O/c1-3-10-8(2)6-11(18-10)17-5-4-9-12(14)15-7-16-13(9)17/h4-5,7-8,10-11H,3,6H2,1-2H3,(H2,14,15,16)/t8-,10+,11+/m0/s1. The zero-order valence-electron chi connectivity index (χ0n) is 10.7. The first kappa shape index (κ1) is 11.5. The largest absolute Gasteiger partial charge is 0.383 e. The van der Waals surface area contributed by atoms with E-state index in [0.717, 1.165) is 23.9 Å². The minimum Gasteiger partial charge on any atom is -0.383 e. The number of aromatic nitrogens is 3. The lowest BCUT2D eigenvalue weighted by atomic mass is 10.0. The van der Waals surface area contributed by atoms with Gasteiger partial charge in [0, 0.05) is 6.20 Å². The third-order valence-electron chi connectivity index (χ3n) is 3.79. The number of hydrogen-bond acceptors (Lipinski definition) is 4. The Morgan fingerprint density at radius 3 is 3.06 bits per heavy atom. The van der Waals surface area contributed by atoms with Gasteiger partial charge < -0.3 is 15.0 Å². The summed E-state index contributed by atoms with van der Waals surface area (Å²) in [6.45, 7) is 4.40. The summed E-state index contributed by atoms with van der Waals surface area (Å²) >= 11 is 0. The van der Waals surface area contributed by atoms with Crippen LogP contribution < -0.4 is 5.73 Å². The minimum absolute atomic E-state index is 0.0664. The van der Waals surface area contributed by atoms with Gasteiger partial charge in [-0.1, -0.05) is 13.8 Å². The van der Waals surface area contributed by atoms with E-state index in [4.69, 9.17) is 10.5 Å². The zero-order chi connectivity index (χ0) is 12.7. The number of nitrogens with two attached hydrogens (primary N) is 1. The summed E-state index contributed by atoms with van der Waals surface area (Å²) in [5.74, 6) is 1.11. The second kappa shape index (κ2) is 4.24. The molecule has 96 valence electrons. The lowest BCUT2D eigenvalue weighted by Crippen LogP contribution is -2.12. The van der Waals surface area contributed by atoms with Crippen molar-refractivity contribution in [2.24, 2.45) is 5.92 Å². The Morgan fingerprint density at radius 2 is 2.33 bits per heavy atom. The van der Waals surface area contributed by atoms with Crippen LogP contribution in [0.4, 0.5) is 5.82 Å². The van der Waals surface area contributed by atoms with Gasteiger partial charge in [0.2, 0.25) is 0 Å². The summed E-state index contributed by atoms with van der Waals surface area (Å²) in [4.78, 5) is 8.32. The zero-order valence-corrected chi connectivity index (χ0v) is 10.7. The number of nitrogen functional groups attached to an aromatic ring is 1. The molecule has 5 nitrogen and oxygen atoms in total. The second-order valence-corrected chi connectivity index (χ2v) is 4.97. The van der Waals surface area contributed by atoms with Gasteiger partial charge in [0.1, 0.15) is 24.0 Å². The highest BCUT2D eigenvalue weighted by atomic mass is 16.5. The van der Waals surface area contributed by atoms with Crippen molar-refractivity contribution in [1.29, 1.82) is 0 Å². The maximum atomic E-state index is 6.08. The third-order valence-corrected chi connectivity index (χ3v) is 3.79. The monoisotopic (exact) mass is 246 g/mol. The summed E-state index contributed by atoms with van der Waals surface area (Å²) in [6.07, 6.45) is 5.97. The molecule has 0 saturated carbocycles. The predicted molar refractivity (Wildman–Crippen MR) is 69.9 cm³/mol. The average molecular weight is 246 g/mol. The molecule has 3 rings (SSSR count). The molecule has 0 radical (unpaired) electrons. The van der Waals surface area contributed by atoms with Crippen LogP contribution in [-0.2, 0) is 4.74 Å². The van der Waals surface area contributed by atoms with Gasteiger partial charge in [-0.15, -0.1) is 0 Å². The Kier molecular flexibility index (Phi) is 2.70. The number of ether oxygens (including phenoxy) is 1. The van der Waals surface area contributed by atoms with Gasteiger partial charge in [-0.05, 0) is 24.8 Å². The molecule has 0 spiro atoms. The number of nitrogens with zero attached hydrogens (tertiary/aromatic N) is 3. The Morgan fingerprint density at radius 1 is 1.50 bits per heavy atom. The number of fused-ring (bicyclic) bond motifs is 1. The van der Waals surface area contributed by atoms with Gasteiger partial charge in [-0.2, -0.15) is 0 Å². The van der Waals surface area contributed by atoms with E-state index in [1.807, 2.05) is 12.3 Å². The Balaban J connectivity index is 1.99. The third kappa shape index (κ3) is 1.66. The molecular formula is C13H18N4O. The van der Waals surface area contributed by atoms with Gasteiger partial charge >= 0.3 is 0 Å². The van der Waals surface area contributed by atoms with Gasteiger partial charge in [0.25, 0.3) is 0 Å². The summed E-state index contributed by atoms with van der Waals surface area (Å²) in [5, 5.41) is 0.897. The van der Waals surface area contributed by atoms with Crippen molar-refractivity contribution in [2.75, 3.05) is 5.73 Å². The van der Waals surface area contributed by atoms with Crippen molar-refractivity contribution < 1.29 is 4.74 Å². The van der Waals surface area contributed by atoms with E-state index in [1.165, 1.54) is 6.33 Å². The van der Waals surface area contributed by atoms with Crippen molar-refractivity contribution in [3.8, 4) is 0 Å². The van der Waals surface area contributed by atoms with E-state index in [-0.39, 0.29) is 6.23 Å². The van der Waals surface area contributed by atoms with Crippen molar-refractivity contribution in [1.82, 2.24) is 14.5 Å². The van der Waals surface area contributed by atoms with Crippen molar-refractivity contribution >= 4 is 16.9 Å². The fraction of sp³-hybridized carbons (Fsp3) is 0.538. The maximum absolute atomic E-state index is 6.08. The van der Waals surface area contributed by atoms with Crippen LogP contribution in [0.3, 0.4) is 0 Å². The molecule has 0 aliphatic carbocycles. The predicted octanol–water partition coefficient (Wildman–Crippen LogP) is 2.35. The first-order valence-corrected chi connectivity index (χ1v) is 6.43. The molecule has 0 bridgehead atoms. The number of hydrogen-bond donors (Lipinski definition) is 1. The lowest BCUT2D eigenvalue weighted by molar-refractivity contribution is -0.00275. The molecule has 18 heavy (non-hydrogen) atoms. The van der Waals surface area contributed by atoms with E-state index >= 15 is 0 Å². The molecule has 0 amide bonds. The van der Waals surface area contributed by atoms with Crippen molar-refractivity contribution in [3.63, 3.8) is 0 Å². The lowest BCUT2D eigenvalue weighted by Gasteiger charge is -2.15. The molecule has 1 saturated heterocycles. The second-order valence-electron chi connectivity index (χ2n) is 4.97. The average Bonchev–Trinajstić information content (AvgIpc) is 2.93. The fourth-order valence-electron chi connectivity index (χ4n) is 2.76. The molecule has 2 aromatic heterocycles. The topological polar surface area (TPSA) is 66.0 Å². The van der Waals surface area contributed by atoms with E-state index in [9.17, 15) is 0 Å². The molecule has 1 aliphatic heterocycles. The van der Waals surface area contributed by atoms with Gasteiger partial charge in [0.05, 0.1) is 11.5 Å². The molecule has 5 heteroatoms. The highest BCUT2D eigenvalue weighted by Gasteiger charge is 2.32. The highest BCUT2D eigenvalue weighted by Crippen LogP contribution is 2.36. The summed E-state index contributed by atoms with van der Waals surface area (Å²) in [6, 6.07) is 1.96. The molecule has 1 fully saturated rings. The number of anilines is 1. The SMILES string of the molecule is CC[C@H]1O[C@@H](n2ccc3c(N)ncnc32)C[C@@H]1C. The molecule has 3 atom stereocenters. The summed E-state index contributed by atoms with van der Waals surface area (Å²) in [7, 11) is 0. The molecule has 0 aromatic carbocycles. The van der Waals surface area contributed by atoms with Crippen molar-refractivity contribution in [3.05, 3.63) is 18.6 Å². The van der Waals surface area contributed by atoms with E-state index in [2.05, 4.69) is 28.4 Å². The summed E-state index contributed by atoms with van der Waals surface area (Å²) < 4.78 is 8.15. The normalized spacial score (nSPS) is 28.0. The van der Waals surface area contributed by atoms with Crippen LogP contribution in [0.1, 0.15) is 32.9 Å². The van der Waals surface area contributed by atoms with E-state index < -0.39 is 0 Å². The first-order valence-electron chi connectivity index (χ1n) is 6.43.